The first kappa shape index (κ1) is 24.5. The Morgan fingerprint density at radius 3 is 2.68 bits per heavy atom. The Morgan fingerprint density at radius 2 is 1.92 bits per heavy atom. The van der Waals surface area contributed by atoms with Crippen molar-refractivity contribution in [1.82, 2.24) is 19.8 Å². The summed E-state index contributed by atoms with van der Waals surface area (Å²) in [6, 6.07) is 25.4. The molecular weight excluding hydrogens is 482 g/mol. The highest BCUT2D eigenvalue weighted by molar-refractivity contribution is 7.80. The highest BCUT2D eigenvalue weighted by atomic mass is 32.1. The Bertz CT molecular complexity index is 1390. The normalized spacial score (nSPS) is 16.9. The summed E-state index contributed by atoms with van der Waals surface area (Å²) in [6.45, 7) is 2.48. The quantitative estimate of drug-likeness (QED) is 0.317. The zero-order valence-electron chi connectivity index (χ0n) is 20.8. The van der Waals surface area contributed by atoms with E-state index < -0.39 is 0 Å². The molecule has 1 fully saturated rings. The zero-order chi connectivity index (χ0) is 25.8. The van der Waals surface area contributed by atoms with E-state index in [1.54, 1.807) is 13.3 Å². The van der Waals surface area contributed by atoms with Crippen molar-refractivity contribution in [1.29, 1.82) is 0 Å². The Balaban J connectivity index is 1.44. The number of aromatic nitrogens is 2. The fourth-order valence-electron chi connectivity index (χ4n) is 4.68. The number of carbonyl (C=O) groups excluding carboxylic acids is 1. The molecule has 2 N–H and O–H groups in total. The molecule has 5 rings (SSSR count). The number of methoxy groups -OCH3 is 1. The molecule has 3 heterocycles. The summed E-state index contributed by atoms with van der Waals surface area (Å²) in [6.07, 6.45) is 4.11. The van der Waals surface area contributed by atoms with Crippen molar-refractivity contribution in [3.63, 3.8) is 0 Å². The average molecular weight is 512 g/mol. The van der Waals surface area contributed by atoms with E-state index in [0.717, 1.165) is 34.1 Å². The van der Waals surface area contributed by atoms with Crippen LogP contribution in [-0.2, 0) is 4.79 Å². The minimum atomic E-state index is -0.173. The zero-order valence-corrected chi connectivity index (χ0v) is 21.6. The number of hydrogen-bond acceptors (Lipinski definition) is 4. The van der Waals surface area contributed by atoms with Gasteiger partial charge in [0.05, 0.1) is 24.9 Å². The predicted molar refractivity (Wildman–Crippen MR) is 149 cm³/mol. The summed E-state index contributed by atoms with van der Waals surface area (Å²) < 4.78 is 7.59. The maximum Gasteiger partial charge on any atom is 0.226 e. The van der Waals surface area contributed by atoms with Gasteiger partial charge in [0.2, 0.25) is 5.91 Å². The van der Waals surface area contributed by atoms with Gasteiger partial charge < -0.3 is 24.8 Å². The SMILES string of the molecule is COc1cccc(-n2cccc2[C@@H]2[C@@H](c3ccccn3)NC(=S)N2CCC(=O)Nc2ccc(C)cc2)c1. The molecule has 37 heavy (non-hydrogen) atoms. The lowest BCUT2D eigenvalue weighted by molar-refractivity contribution is -0.116. The van der Waals surface area contributed by atoms with Crippen molar-refractivity contribution in [3.8, 4) is 11.4 Å². The summed E-state index contributed by atoms with van der Waals surface area (Å²) in [7, 11) is 1.66. The molecule has 1 saturated heterocycles. The van der Waals surface area contributed by atoms with Gasteiger partial charge in [0.25, 0.3) is 0 Å². The number of hydrogen-bond donors (Lipinski definition) is 2. The molecular formula is C29H29N5O2S. The van der Waals surface area contributed by atoms with Crippen LogP contribution >= 0.6 is 12.2 Å². The van der Waals surface area contributed by atoms with Crippen LogP contribution in [-0.4, -0.2) is 39.1 Å². The highest BCUT2D eigenvalue weighted by Gasteiger charge is 2.41. The molecule has 1 amide bonds. The predicted octanol–water partition coefficient (Wildman–Crippen LogP) is 5.19. The van der Waals surface area contributed by atoms with Crippen LogP contribution < -0.4 is 15.4 Å². The van der Waals surface area contributed by atoms with Gasteiger partial charge in [-0.05, 0) is 67.7 Å². The van der Waals surface area contributed by atoms with Crippen LogP contribution in [0.3, 0.4) is 0 Å². The molecule has 1 aliphatic rings. The van der Waals surface area contributed by atoms with Gasteiger partial charge in [-0.15, -0.1) is 0 Å². The number of rotatable bonds is 8. The number of thiocarbonyl (C=S) groups is 1. The first-order valence-electron chi connectivity index (χ1n) is 12.2. The molecule has 4 aromatic rings. The van der Waals surface area contributed by atoms with Gasteiger partial charge in [0.15, 0.2) is 5.11 Å². The molecule has 2 atom stereocenters. The second-order valence-corrected chi connectivity index (χ2v) is 9.38. The number of aryl methyl sites for hydroxylation is 1. The number of carbonyl (C=O) groups is 1. The van der Waals surface area contributed by atoms with Gasteiger partial charge >= 0.3 is 0 Å². The summed E-state index contributed by atoms with van der Waals surface area (Å²) >= 11 is 5.79. The fraction of sp³-hybridized carbons (Fsp3) is 0.207. The molecule has 2 aromatic heterocycles. The summed E-state index contributed by atoms with van der Waals surface area (Å²) in [5, 5.41) is 7.05. The van der Waals surface area contributed by atoms with Crippen LogP contribution in [0.1, 0.15) is 35.5 Å². The second kappa shape index (κ2) is 10.8. The smallest absolute Gasteiger partial charge is 0.226 e. The number of anilines is 1. The minimum Gasteiger partial charge on any atom is -0.497 e. The number of pyridine rings is 1. The molecule has 1 aliphatic heterocycles. The molecule has 7 nitrogen and oxygen atoms in total. The lowest BCUT2D eigenvalue weighted by Crippen LogP contribution is -2.33. The maximum absolute atomic E-state index is 12.8. The van der Waals surface area contributed by atoms with Crippen molar-refractivity contribution >= 4 is 28.9 Å². The number of amides is 1. The number of nitrogens with one attached hydrogen (secondary N) is 2. The van der Waals surface area contributed by atoms with E-state index >= 15 is 0 Å². The van der Waals surface area contributed by atoms with Crippen molar-refractivity contribution in [2.75, 3.05) is 19.0 Å². The third-order valence-electron chi connectivity index (χ3n) is 6.53. The summed E-state index contributed by atoms with van der Waals surface area (Å²) in [4.78, 5) is 19.5. The number of nitrogens with zero attached hydrogens (tertiary/aromatic N) is 3. The molecule has 8 heteroatoms. The molecule has 0 radical (unpaired) electrons. The molecule has 0 unspecified atom stereocenters. The Morgan fingerprint density at radius 1 is 1.08 bits per heavy atom. The van der Waals surface area contributed by atoms with Gasteiger partial charge in [-0.2, -0.15) is 0 Å². The Labute approximate surface area is 222 Å². The number of ether oxygens (including phenoxy) is 1. The van der Waals surface area contributed by atoms with Gasteiger partial charge in [0, 0.05) is 48.5 Å². The van der Waals surface area contributed by atoms with Crippen LogP contribution in [0, 0.1) is 6.92 Å². The second-order valence-electron chi connectivity index (χ2n) is 8.99. The van der Waals surface area contributed by atoms with E-state index in [0.29, 0.717) is 18.1 Å². The molecule has 2 aromatic carbocycles. The van der Waals surface area contributed by atoms with E-state index in [2.05, 4.69) is 31.2 Å². The standard InChI is InChI=1S/C29H29N5O2S/c1-20-11-13-21(14-12-20)31-26(35)15-18-34-28(27(32-29(34)37)24-9-3-4-16-30-24)25-10-6-17-33(25)22-7-5-8-23(19-22)36-2/h3-14,16-17,19,27-28H,15,18H2,1-2H3,(H,31,35)(H,32,37)/t27-,28-/m1/s1. The van der Waals surface area contributed by atoms with Crippen LogP contribution in [0.25, 0.3) is 5.69 Å². The highest BCUT2D eigenvalue weighted by Crippen LogP contribution is 2.39. The van der Waals surface area contributed by atoms with Crippen molar-refractivity contribution in [2.45, 2.75) is 25.4 Å². The van der Waals surface area contributed by atoms with E-state index in [1.165, 1.54) is 0 Å². The third-order valence-corrected chi connectivity index (χ3v) is 6.88. The summed E-state index contributed by atoms with van der Waals surface area (Å²) in [5.41, 5.74) is 4.84. The van der Waals surface area contributed by atoms with Crippen LogP contribution in [0.2, 0.25) is 0 Å². The van der Waals surface area contributed by atoms with E-state index in [-0.39, 0.29) is 18.0 Å². The monoisotopic (exact) mass is 511 g/mol. The Hall–Kier alpha value is -4.17. The van der Waals surface area contributed by atoms with E-state index in [1.807, 2.05) is 85.9 Å². The topological polar surface area (TPSA) is 71.4 Å². The first-order valence-corrected chi connectivity index (χ1v) is 12.6. The van der Waals surface area contributed by atoms with Crippen molar-refractivity contribution in [3.05, 3.63) is 108 Å². The van der Waals surface area contributed by atoms with Crippen LogP contribution in [0.15, 0.2) is 91.3 Å². The average Bonchev–Trinajstić information content (AvgIpc) is 3.53. The molecule has 0 saturated carbocycles. The van der Waals surface area contributed by atoms with Gasteiger partial charge in [-0.25, -0.2) is 0 Å². The maximum atomic E-state index is 12.8. The molecule has 0 bridgehead atoms. The largest absolute Gasteiger partial charge is 0.497 e. The van der Waals surface area contributed by atoms with Crippen molar-refractivity contribution < 1.29 is 9.53 Å². The van der Waals surface area contributed by atoms with Gasteiger partial charge in [-0.3, -0.25) is 9.78 Å². The number of benzene rings is 2. The molecule has 0 aliphatic carbocycles. The fourth-order valence-corrected chi connectivity index (χ4v) is 5.01. The van der Waals surface area contributed by atoms with Crippen LogP contribution in [0.4, 0.5) is 5.69 Å². The van der Waals surface area contributed by atoms with Gasteiger partial charge in [0.1, 0.15) is 5.75 Å². The lowest BCUT2D eigenvalue weighted by atomic mass is 10.0. The van der Waals surface area contributed by atoms with Crippen LogP contribution in [0.5, 0.6) is 5.75 Å². The third kappa shape index (κ3) is 5.34. The van der Waals surface area contributed by atoms with Crippen molar-refractivity contribution in [2.24, 2.45) is 0 Å². The van der Waals surface area contributed by atoms with Gasteiger partial charge in [-0.1, -0.05) is 29.8 Å². The lowest BCUT2D eigenvalue weighted by Gasteiger charge is -2.29. The van der Waals surface area contributed by atoms with E-state index in [4.69, 9.17) is 17.0 Å². The Kier molecular flexibility index (Phi) is 7.18. The summed E-state index contributed by atoms with van der Waals surface area (Å²) in [5.74, 6) is 0.720. The molecule has 0 spiro atoms. The first-order chi connectivity index (χ1) is 18.0. The molecule has 188 valence electrons. The van der Waals surface area contributed by atoms with E-state index in [9.17, 15) is 4.79 Å². The minimum absolute atomic E-state index is 0.0603.